The van der Waals surface area contributed by atoms with Gasteiger partial charge in [0.1, 0.15) is 0 Å². The molecule has 0 aliphatic carbocycles. The minimum Gasteiger partial charge on any atom is -0.379 e. The summed E-state index contributed by atoms with van der Waals surface area (Å²) in [5.74, 6) is 0. The fourth-order valence-electron chi connectivity index (χ4n) is 1.26. The van der Waals surface area contributed by atoms with E-state index in [0.29, 0.717) is 6.04 Å². The van der Waals surface area contributed by atoms with Gasteiger partial charge >= 0.3 is 0 Å². The number of hydrogen-bond donors (Lipinski definition) is 1. The summed E-state index contributed by atoms with van der Waals surface area (Å²) in [4.78, 5) is 0. The van der Waals surface area contributed by atoms with Crippen LogP contribution in [0.15, 0.2) is 11.6 Å². The molecule has 0 aromatic carbocycles. The lowest BCUT2D eigenvalue weighted by Crippen LogP contribution is -2.41. The highest BCUT2D eigenvalue weighted by molar-refractivity contribution is 4.99. The molecular formula is C9H17NO. The molecule has 0 saturated carbocycles. The molecule has 0 aromatic heterocycles. The quantitative estimate of drug-likeness (QED) is 0.607. The van der Waals surface area contributed by atoms with Gasteiger partial charge < -0.3 is 10.1 Å². The van der Waals surface area contributed by atoms with E-state index in [0.717, 1.165) is 26.2 Å². The van der Waals surface area contributed by atoms with Crippen molar-refractivity contribution in [3.8, 4) is 0 Å². The van der Waals surface area contributed by atoms with Crippen molar-refractivity contribution in [1.29, 1.82) is 0 Å². The van der Waals surface area contributed by atoms with Gasteiger partial charge in [-0.2, -0.15) is 0 Å². The lowest BCUT2D eigenvalue weighted by Gasteiger charge is -2.23. The summed E-state index contributed by atoms with van der Waals surface area (Å²) in [6.45, 7) is 6.98. The van der Waals surface area contributed by atoms with Gasteiger partial charge in [-0.3, -0.25) is 0 Å². The van der Waals surface area contributed by atoms with Crippen LogP contribution in [0.1, 0.15) is 20.3 Å². The van der Waals surface area contributed by atoms with Crippen LogP contribution in [0.4, 0.5) is 0 Å². The second kappa shape index (κ2) is 4.52. The van der Waals surface area contributed by atoms with E-state index in [9.17, 15) is 0 Å². The van der Waals surface area contributed by atoms with Crippen molar-refractivity contribution in [3.05, 3.63) is 11.6 Å². The van der Waals surface area contributed by atoms with Crippen molar-refractivity contribution in [3.63, 3.8) is 0 Å². The standard InChI is InChI=1S/C9H17NO/c1-3-8(2)6-9-7-11-5-4-10-9/h3,9-10H,4-7H2,1-2H3/b8-3-. The van der Waals surface area contributed by atoms with Crippen LogP contribution in [0.3, 0.4) is 0 Å². The molecule has 1 saturated heterocycles. The predicted octanol–water partition coefficient (Wildman–Crippen LogP) is 1.33. The molecule has 1 unspecified atom stereocenters. The Morgan fingerprint density at radius 3 is 3.09 bits per heavy atom. The first-order chi connectivity index (χ1) is 5.33. The van der Waals surface area contributed by atoms with Crippen LogP contribution in [0.2, 0.25) is 0 Å². The van der Waals surface area contributed by atoms with Crippen LogP contribution in [0, 0.1) is 0 Å². The van der Waals surface area contributed by atoms with E-state index in [4.69, 9.17) is 4.74 Å². The Bertz CT molecular complexity index is 136. The highest BCUT2D eigenvalue weighted by Gasteiger charge is 2.12. The Hall–Kier alpha value is -0.340. The molecule has 1 aliphatic heterocycles. The Balaban J connectivity index is 2.24. The fraction of sp³-hybridized carbons (Fsp3) is 0.778. The Morgan fingerprint density at radius 1 is 1.73 bits per heavy atom. The first kappa shape index (κ1) is 8.75. The average Bonchev–Trinajstić information content (AvgIpc) is 2.06. The van der Waals surface area contributed by atoms with Crippen molar-refractivity contribution < 1.29 is 4.74 Å². The van der Waals surface area contributed by atoms with Crippen molar-refractivity contribution >= 4 is 0 Å². The summed E-state index contributed by atoms with van der Waals surface area (Å²) < 4.78 is 5.34. The maximum atomic E-state index is 5.34. The number of nitrogens with one attached hydrogen (secondary N) is 1. The molecule has 1 fully saturated rings. The topological polar surface area (TPSA) is 21.3 Å². The monoisotopic (exact) mass is 155 g/mol. The minimum atomic E-state index is 0.542. The molecule has 0 radical (unpaired) electrons. The first-order valence-corrected chi connectivity index (χ1v) is 4.26. The smallest absolute Gasteiger partial charge is 0.0623 e. The fourth-order valence-corrected chi connectivity index (χ4v) is 1.26. The highest BCUT2D eigenvalue weighted by atomic mass is 16.5. The average molecular weight is 155 g/mol. The van der Waals surface area contributed by atoms with E-state index < -0.39 is 0 Å². The molecule has 0 bridgehead atoms. The molecular weight excluding hydrogens is 138 g/mol. The van der Waals surface area contributed by atoms with E-state index in [2.05, 4.69) is 25.2 Å². The van der Waals surface area contributed by atoms with E-state index in [1.54, 1.807) is 0 Å². The Kier molecular flexibility index (Phi) is 3.60. The molecule has 1 N–H and O–H groups in total. The van der Waals surface area contributed by atoms with Gasteiger partial charge in [0.2, 0.25) is 0 Å². The predicted molar refractivity (Wildman–Crippen MR) is 46.7 cm³/mol. The second-order valence-corrected chi connectivity index (χ2v) is 3.07. The normalized spacial score (nSPS) is 27.1. The maximum absolute atomic E-state index is 5.34. The molecule has 0 amide bonds. The number of morpholine rings is 1. The summed E-state index contributed by atoms with van der Waals surface area (Å²) in [5.41, 5.74) is 1.44. The third kappa shape index (κ3) is 3.04. The van der Waals surface area contributed by atoms with E-state index in [-0.39, 0.29) is 0 Å². The Labute approximate surface area is 68.6 Å². The summed E-state index contributed by atoms with van der Waals surface area (Å²) in [5, 5.41) is 3.42. The van der Waals surface area contributed by atoms with Gasteiger partial charge in [0.25, 0.3) is 0 Å². The lowest BCUT2D eigenvalue weighted by atomic mass is 10.1. The van der Waals surface area contributed by atoms with Gasteiger partial charge in [-0.05, 0) is 20.3 Å². The van der Waals surface area contributed by atoms with E-state index in [1.165, 1.54) is 5.57 Å². The summed E-state index contributed by atoms with van der Waals surface area (Å²) in [6.07, 6.45) is 3.28. The number of hydrogen-bond acceptors (Lipinski definition) is 2. The summed E-state index contributed by atoms with van der Waals surface area (Å²) in [7, 11) is 0. The van der Waals surface area contributed by atoms with Crippen molar-refractivity contribution in [1.82, 2.24) is 5.32 Å². The molecule has 1 heterocycles. The van der Waals surface area contributed by atoms with Gasteiger partial charge in [-0.1, -0.05) is 11.6 Å². The molecule has 1 atom stereocenters. The lowest BCUT2D eigenvalue weighted by molar-refractivity contribution is 0.0770. The van der Waals surface area contributed by atoms with Crippen LogP contribution in [0.5, 0.6) is 0 Å². The second-order valence-electron chi connectivity index (χ2n) is 3.07. The van der Waals surface area contributed by atoms with Crippen molar-refractivity contribution in [2.24, 2.45) is 0 Å². The van der Waals surface area contributed by atoms with Crippen LogP contribution in [0.25, 0.3) is 0 Å². The SMILES string of the molecule is C/C=C(/C)CC1COCCN1. The number of rotatable bonds is 2. The van der Waals surface area contributed by atoms with Crippen LogP contribution < -0.4 is 5.32 Å². The number of allylic oxidation sites excluding steroid dienone is 1. The molecule has 0 spiro atoms. The highest BCUT2D eigenvalue weighted by Crippen LogP contribution is 2.06. The zero-order valence-corrected chi connectivity index (χ0v) is 7.39. The largest absolute Gasteiger partial charge is 0.379 e. The van der Waals surface area contributed by atoms with Crippen LogP contribution in [-0.4, -0.2) is 25.8 Å². The van der Waals surface area contributed by atoms with E-state index in [1.807, 2.05) is 0 Å². The van der Waals surface area contributed by atoms with Crippen LogP contribution in [-0.2, 0) is 4.74 Å². The molecule has 0 aromatic rings. The van der Waals surface area contributed by atoms with Gasteiger partial charge in [0.05, 0.1) is 13.2 Å². The maximum Gasteiger partial charge on any atom is 0.0623 e. The summed E-state index contributed by atoms with van der Waals surface area (Å²) in [6, 6.07) is 0.542. The zero-order valence-electron chi connectivity index (χ0n) is 7.39. The van der Waals surface area contributed by atoms with Crippen LogP contribution >= 0.6 is 0 Å². The van der Waals surface area contributed by atoms with Gasteiger partial charge in [0.15, 0.2) is 0 Å². The van der Waals surface area contributed by atoms with Crippen molar-refractivity contribution in [2.75, 3.05) is 19.8 Å². The minimum absolute atomic E-state index is 0.542. The Morgan fingerprint density at radius 2 is 2.55 bits per heavy atom. The first-order valence-electron chi connectivity index (χ1n) is 4.26. The number of ether oxygens (including phenoxy) is 1. The van der Waals surface area contributed by atoms with E-state index >= 15 is 0 Å². The molecule has 11 heavy (non-hydrogen) atoms. The third-order valence-corrected chi connectivity index (χ3v) is 2.06. The molecule has 1 aliphatic rings. The third-order valence-electron chi connectivity index (χ3n) is 2.06. The van der Waals surface area contributed by atoms with Gasteiger partial charge in [0, 0.05) is 12.6 Å². The van der Waals surface area contributed by atoms with Crippen molar-refractivity contribution in [2.45, 2.75) is 26.3 Å². The summed E-state index contributed by atoms with van der Waals surface area (Å²) >= 11 is 0. The molecule has 2 heteroatoms. The van der Waals surface area contributed by atoms with Gasteiger partial charge in [-0.15, -0.1) is 0 Å². The molecule has 2 nitrogen and oxygen atoms in total. The molecule has 64 valence electrons. The molecule has 1 rings (SSSR count). The van der Waals surface area contributed by atoms with Gasteiger partial charge in [-0.25, -0.2) is 0 Å². The zero-order chi connectivity index (χ0) is 8.10.